The summed E-state index contributed by atoms with van der Waals surface area (Å²) in [5.74, 6) is -2.34. The lowest BCUT2D eigenvalue weighted by Crippen LogP contribution is -2.30. The number of hydrogen-bond donors (Lipinski definition) is 3. The minimum absolute atomic E-state index is 0.0588. The molecule has 17 nitrogen and oxygen atoms in total. The number of esters is 4. The van der Waals surface area contributed by atoms with Crippen LogP contribution in [0.15, 0.2) is 97.2 Å². The van der Waals surface area contributed by atoms with Crippen LogP contribution in [0.5, 0.6) is 0 Å². The molecule has 0 radical (unpaired) electrons. The molecule has 19 heteroatoms. The van der Waals surface area contributed by atoms with Crippen LogP contribution in [-0.4, -0.2) is 96.7 Å². The summed E-state index contributed by atoms with van der Waals surface area (Å²) in [4.78, 5) is 72.6. The number of allylic oxidation sites excluding steroid dienone is 15. The summed E-state index contributed by atoms with van der Waals surface area (Å²) in [5.41, 5.74) is 0. The van der Waals surface area contributed by atoms with Crippen LogP contribution < -0.4 is 0 Å². The van der Waals surface area contributed by atoms with E-state index in [1.807, 2.05) is 18.2 Å². The number of hydrogen-bond acceptors (Lipinski definition) is 15. The molecular weight excluding hydrogens is 1230 g/mol. The highest BCUT2D eigenvalue weighted by Gasteiger charge is 2.30. The maximum atomic E-state index is 13.0. The normalized spacial score (nSPS) is 14.6. The van der Waals surface area contributed by atoms with Crippen LogP contribution in [0.2, 0.25) is 0 Å². The van der Waals surface area contributed by atoms with Gasteiger partial charge in [-0.25, -0.2) is 9.13 Å². The molecule has 0 spiro atoms. The largest absolute Gasteiger partial charge is 0.472 e. The highest BCUT2D eigenvalue weighted by atomic mass is 31.2. The van der Waals surface area contributed by atoms with E-state index in [2.05, 4.69) is 101 Å². The first-order valence-corrected chi connectivity index (χ1v) is 39.5. The van der Waals surface area contributed by atoms with Crippen LogP contribution in [0.3, 0.4) is 0 Å². The van der Waals surface area contributed by atoms with Gasteiger partial charge in [0.25, 0.3) is 0 Å². The van der Waals surface area contributed by atoms with Gasteiger partial charge in [-0.15, -0.1) is 0 Å². The summed E-state index contributed by atoms with van der Waals surface area (Å²) in [7, 11) is -9.96. The van der Waals surface area contributed by atoms with Crippen molar-refractivity contribution in [3.8, 4) is 0 Å². The number of unbranched alkanes of at least 4 members (excludes halogenated alkanes) is 27. The second-order valence-electron chi connectivity index (χ2n) is 24.2. The molecule has 0 aliphatic rings. The molecule has 0 bridgehead atoms. The number of rotatable bonds is 68. The number of carbonyl (C=O) groups is 4. The Kier molecular flexibility index (Phi) is 64.7. The van der Waals surface area contributed by atoms with Gasteiger partial charge in [-0.1, -0.05) is 273 Å². The molecule has 0 aliphatic carbocycles. The van der Waals surface area contributed by atoms with E-state index in [0.29, 0.717) is 25.7 Å². The Balaban J connectivity index is 5.38. The van der Waals surface area contributed by atoms with Gasteiger partial charge in [0.2, 0.25) is 0 Å². The van der Waals surface area contributed by atoms with Gasteiger partial charge in [0.1, 0.15) is 19.3 Å². The Morgan fingerprint density at radius 2 is 0.628 bits per heavy atom. The van der Waals surface area contributed by atoms with Crippen molar-refractivity contribution in [3.05, 3.63) is 97.2 Å². The molecule has 0 heterocycles. The molecule has 94 heavy (non-hydrogen) atoms. The van der Waals surface area contributed by atoms with E-state index in [1.54, 1.807) is 6.08 Å². The van der Waals surface area contributed by atoms with Gasteiger partial charge < -0.3 is 33.8 Å². The van der Waals surface area contributed by atoms with Gasteiger partial charge in [-0.05, 0) is 96.3 Å². The Morgan fingerprint density at radius 1 is 0.319 bits per heavy atom. The Labute approximate surface area is 569 Å². The smallest absolute Gasteiger partial charge is 0.462 e. The second-order valence-corrected chi connectivity index (χ2v) is 27.1. The predicted octanol–water partition coefficient (Wildman–Crippen LogP) is 20.4. The second kappa shape index (κ2) is 67.5. The van der Waals surface area contributed by atoms with Crippen molar-refractivity contribution in [2.75, 3.05) is 39.6 Å². The topological polar surface area (TPSA) is 237 Å². The minimum atomic E-state index is -4.99. The van der Waals surface area contributed by atoms with Crippen LogP contribution in [0.1, 0.15) is 297 Å². The average molecular weight is 1370 g/mol. The molecule has 0 saturated carbocycles. The summed E-state index contributed by atoms with van der Waals surface area (Å²) < 4.78 is 68.1. The number of aliphatic hydroxyl groups is 1. The van der Waals surface area contributed by atoms with E-state index in [-0.39, 0.29) is 25.7 Å². The van der Waals surface area contributed by atoms with E-state index in [9.17, 15) is 43.2 Å². The number of aliphatic hydroxyl groups excluding tert-OH is 1. The maximum Gasteiger partial charge on any atom is 0.472 e. The Morgan fingerprint density at radius 3 is 1.03 bits per heavy atom. The monoisotopic (exact) mass is 1360 g/mol. The van der Waals surface area contributed by atoms with E-state index >= 15 is 0 Å². The van der Waals surface area contributed by atoms with Gasteiger partial charge in [-0.3, -0.25) is 37.3 Å². The molecule has 5 atom stereocenters. The standard InChI is InChI=1S/C75H130O17P2/c1-5-9-13-17-21-25-29-32-34-37-40-43-47-51-55-59-72(77)85-65-70(91-74(79)61-57-53-49-45-39-28-24-20-16-12-8-4)67-89-93(81,82)87-63-69(76)64-88-94(83,84)90-68-71(92-75(80)62-58-54-50-46-42-36-31-27-23-19-15-11-7-3)66-86-73(78)60-56-52-48-44-41-38-35-33-30-26-22-18-14-10-6-2/h10,14-15,19-20,22,24,26-27,31,33,35,41,44,52,56,69-71,76H,5-9,11-13,16-18,21,23,25,28-30,32,34,36-40,42-43,45-51,53-55,57-68H2,1-4H3,(H,81,82)(H,83,84)/b14-10-,19-15-,24-20-,26-22-,31-27-,35-33-,44-41-,56-52-. The van der Waals surface area contributed by atoms with Gasteiger partial charge in [0, 0.05) is 19.3 Å². The Bertz CT molecular complexity index is 2170. The SMILES string of the molecule is CC/C=C\C/C=C\C/C=C\C/C=C\C/C=C\CC(=O)OCC(COP(=O)(O)OCC(O)COP(=O)(O)OCC(COC(=O)CCCCCCCCCCCCCCCCC)OC(=O)CCCCCCC/C=C\CCCC)OC(=O)CCCCCCC/C=C\C/C=C\CCC. The fourth-order valence-corrected chi connectivity index (χ4v) is 11.1. The molecule has 0 fully saturated rings. The summed E-state index contributed by atoms with van der Waals surface area (Å²) >= 11 is 0. The number of ether oxygens (including phenoxy) is 4. The molecular formula is C75H130O17P2. The van der Waals surface area contributed by atoms with Crippen molar-refractivity contribution < 1.29 is 80.2 Å². The van der Waals surface area contributed by atoms with E-state index in [1.165, 1.54) is 83.5 Å². The zero-order chi connectivity index (χ0) is 69.0. The summed E-state index contributed by atoms with van der Waals surface area (Å²) in [5, 5.41) is 10.6. The predicted molar refractivity (Wildman–Crippen MR) is 381 cm³/mol. The highest BCUT2D eigenvalue weighted by molar-refractivity contribution is 7.47. The van der Waals surface area contributed by atoms with Gasteiger partial charge in [0.15, 0.2) is 12.2 Å². The van der Waals surface area contributed by atoms with Crippen LogP contribution >= 0.6 is 15.6 Å². The van der Waals surface area contributed by atoms with Gasteiger partial charge in [-0.2, -0.15) is 0 Å². The minimum Gasteiger partial charge on any atom is -0.462 e. The Hall–Kier alpha value is -4.02. The van der Waals surface area contributed by atoms with Crippen molar-refractivity contribution in [1.82, 2.24) is 0 Å². The van der Waals surface area contributed by atoms with Crippen LogP contribution in [0, 0.1) is 0 Å². The summed E-state index contributed by atoms with van der Waals surface area (Å²) in [6.07, 6.45) is 68.8. The van der Waals surface area contributed by atoms with E-state index in [4.69, 9.17) is 37.0 Å². The first kappa shape index (κ1) is 90.0. The number of phosphoric ester groups is 2. The zero-order valence-corrected chi connectivity index (χ0v) is 60.7. The fourth-order valence-electron chi connectivity index (χ4n) is 9.49. The van der Waals surface area contributed by atoms with E-state index in [0.717, 1.165) is 135 Å². The molecule has 5 unspecified atom stereocenters. The van der Waals surface area contributed by atoms with Crippen molar-refractivity contribution in [2.24, 2.45) is 0 Å². The van der Waals surface area contributed by atoms with Gasteiger partial charge in [0.05, 0.1) is 32.8 Å². The summed E-state index contributed by atoms with van der Waals surface area (Å²) in [6, 6.07) is 0. The molecule has 542 valence electrons. The van der Waals surface area contributed by atoms with E-state index < -0.39 is 97.5 Å². The lowest BCUT2D eigenvalue weighted by molar-refractivity contribution is -0.161. The lowest BCUT2D eigenvalue weighted by atomic mass is 10.0. The maximum absolute atomic E-state index is 13.0. The zero-order valence-electron chi connectivity index (χ0n) is 58.9. The first-order valence-electron chi connectivity index (χ1n) is 36.5. The third-order valence-electron chi connectivity index (χ3n) is 15.0. The molecule has 0 amide bonds. The highest BCUT2D eigenvalue weighted by Crippen LogP contribution is 2.45. The molecule has 0 aromatic heterocycles. The average Bonchev–Trinajstić information content (AvgIpc) is 1.55. The quantitative estimate of drug-likeness (QED) is 0.0169. The molecule has 0 aliphatic heterocycles. The summed E-state index contributed by atoms with van der Waals surface area (Å²) in [6.45, 7) is 4.52. The van der Waals surface area contributed by atoms with Gasteiger partial charge >= 0.3 is 39.5 Å². The van der Waals surface area contributed by atoms with Crippen LogP contribution in [0.4, 0.5) is 0 Å². The third-order valence-corrected chi connectivity index (χ3v) is 16.9. The number of carbonyl (C=O) groups excluding carboxylic acids is 4. The lowest BCUT2D eigenvalue weighted by Gasteiger charge is -2.21. The molecule has 3 N–H and O–H groups in total. The molecule has 0 aromatic rings. The van der Waals surface area contributed by atoms with Crippen LogP contribution in [-0.2, 0) is 65.4 Å². The van der Waals surface area contributed by atoms with Crippen molar-refractivity contribution in [1.29, 1.82) is 0 Å². The molecule has 0 aromatic carbocycles. The van der Waals surface area contributed by atoms with Crippen molar-refractivity contribution >= 4 is 39.5 Å². The van der Waals surface area contributed by atoms with Crippen LogP contribution in [0.25, 0.3) is 0 Å². The molecule has 0 rings (SSSR count). The molecule has 0 saturated heterocycles. The first-order chi connectivity index (χ1) is 45.7. The fraction of sp³-hybridized carbons (Fsp3) is 0.733. The van der Waals surface area contributed by atoms with Crippen molar-refractivity contribution in [2.45, 2.75) is 316 Å². The number of phosphoric acid groups is 2. The third kappa shape index (κ3) is 66.6. The van der Waals surface area contributed by atoms with Crippen molar-refractivity contribution in [3.63, 3.8) is 0 Å².